The third kappa shape index (κ3) is 6.05. The summed E-state index contributed by atoms with van der Waals surface area (Å²) in [6.45, 7) is 5.18. The van der Waals surface area contributed by atoms with Crippen molar-refractivity contribution in [3.63, 3.8) is 0 Å². The summed E-state index contributed by atoms with van der Waals surface area (Å²) in [5.74, 6) is -1.23. The van der Waals surface area contributed by atoms with Crippen molar-refractivity contribution in [2.75, 3.05) is 56.2 Å². The summed E-state index contributed by atoms with van der Waals surface area (Å²) in [5, 5.41) is 40.9. The largest absolute Gasteiger partial charge is 0.497 e. The number of aromatic nitrogens is 2. The zero-order valence-corrected chi connectivity index (χ0v) is 26.4. The fourth-order valence-electron chi connectivity index (χ4n) is 7.06. The molecule has 3 saturated heterocycles. The number of nitrogens with zero attached hydrogens (tertiary/aromatic N) is 5. The predicted octanol–water partition coefficient (Wildman–Crippen LogP) is 1.99. The quantitative estimate of drug-likeness (QED) is 0.228. The highest BCUT2D eigenvalue weighted by atomic mass is 19.1. The van der Waals surface area contributed by atoms with Crippen LogP contribution in [0, 0.1) is 5.82 Å². The standard InChI is InChI=1S/C34H38FN5O8/c1-46-21-15-19-3-2-8-36-27(19)26(17-21)40-13-11-38(12-14-40)20-6-9-39(10-7-20)25-5-4-24(35)23-16-22(18-37-28(23)25)47-34-31(43)29(41)30(42)32(48-34)33(44)45/h2-5,8,15-18,20,29-32,34,41-43H,6-7,9-14H2,1H3,(H,44,45). The number of halogens is 1. The summed E-state index contributed by atoms with van der Waals surface area (Å²) < 4.78 is 31.4. The van der Waals surface area contributed by atoms with Gasteiger partial charge in [-0.3, -0.25) is 14.9 Å². The molecule has 2 aromatic heterocycles. The van der Waals surface area contributed by atoms with Crippen LogP contribution in [0.1, 0.15) is 12.8 Å². The molecule has 0 saturated carbocycles. The van der Waals surface area contributed by atoms with Crippen LogP contribution in [-0.4, -0.2) is 124 Å². The van der Waals surface area contributed by atoms with Crippen LogP contribution in [0.4, 0.5) is 15.8 Å². The molecule has 254 valence electrons. The lowest BCUT2D eigenvalue weighted by Gasteiger charge is -2.44. The first-order valence-corrected chi connectivity index (χ1v) is 16.1. The highest BCUT2D eigenvalue weighted by Gasteiger charge is 2.48. The zero-order valence-electron chi connectivity index (χ0n) is 26.4. The van der Waals surface area contributed by atoms with Crippen LogP contribution in [0.25, 0.3) is 21.8 Å². The highest BCUT2D eigenvalue weighted by Crippen LogP contribution is 2.35. The molecule has 2 aromatic carbocycles. The summed E-state index contributed by atoms with van der Waals surface area (Å²) >= 11 is 0. The third-order valence-electron chi connectivity index (χ3n) is 9.69. The Morgan fingerprint density at radius 3 is 2.35 bits per heavy atom. The molecule has 3 aliphatic rings. The summed E-state index contributed by atoms with van der Waals surface area (Å²) in [6, 6.07) is 13.0. The van der Waals surface area contributed by atoms with Crippen molar-refractivity contribution in [2.45, 2.75) is 49.6 Å². The number of rotatable bonds is 7. The number of piperidine rings is 1. The lowest BCUT2D eigenvalue weighted by Crippen LogP contribution is -2.61. The van der Waals surface area contributed by atoms with E-state index in [1.54, 1.807) is 13.2 Å². The molecule has 0 radical (unpaired) electrons. The number of hydrogen-bond acceptors (Lipinski definition) is 12. The number of anilines is 2. The summed E-state index contributed by atoms with van der Waals surface area (Å²) in [4.78, 5) is 27.7. The van der Waals surface area contributed by atoms with E-state index in [1.165, 1.54) is 18.3 Å². The Labute approximate surface area is 275 Å². The molecule has 4 aromatic rings. The topological polar surface area (TPSA) is 161 Å². The van der Waals surface area contributed by atoms with Gasteiger partial charge in [-0.2, -0.15) is 0 Å². The predicted molar refractivity (Wildman–Crippen MR) is 174 cm³/mol. The van der Waals surface area contributed by atoms with Crippen LogP contribution in [0.2, 0.25) is 0 Å². The molecule has 3 aliphatic heterocycles. The van der Waals surface area contributed by atoms with Crippen LogP contribution in [0.15, 0.2) is 54.9 Å². The van der Waals surface area contributed by atoms with Gasteiger partial charge in [-0.1, -0.05) is 6.07 Å². The number of ether oxygens (including phenoxy) is 3. The van der Waals surface area contributed by atoms with E-state index in [-0.39, 0.29) is 11.1 Å². The molecule has 48 heavy (non-hydrogen) atoms. The number of aliphatic carboxylic acids is 1. The van der Waals surface area contributed by atoms with E-state index >= 15 is 4.39 Å². The average Bonchev–Trinajstić information content (AvgIpc) is 3.11. The third-order valence-corrected chi connectivity index (χ3v) is 9.69. The van der Waals surface area contributed by atoms with Gasteiger partial charge in [0, 0.05) is 68.3 Å². The SMILES string of the molecule is COc1cc(N2CCN(C3CCN(c4ccc(F)c5cc(OC6OC(C(=O)O)C(O)C(O)C6O)cnc45)CC3)CC2)c2ncccc2c1. The summed E-state index contributed by atoms with van der Waals surface area (Å²) in [6.07, 6.45) is -3.81. The Hall–Kier alpha value is -4.34. The van der Waals surface area contributed by atoms with E-state index in [9.17, 15) is 25.2 Å². The maximum atomic E-state index is 15.1. The first kappa shape index (κ1) is 32.2. The molecule has 0 aliphatic carbocycles. The van der Waals surface area contributed by atoms with Gasteiger partial charge in [0.05, 0.1) is 35.7 Å². The van der Waals surface area contributed by atoms with Gasteiger partial charge in [0.25, 0.3) is 0 Å². The fourth-order valence-corrected chi connectivity index (χ4v) is 7.06. The number of carboxylic acids is 1. The van der Waals surface area contributed by atoms with Gasteiger partial charge in [0.2, 0.25) is 6.29 Å². The van der Waals surface area contributed by atoms with Gasteiger partial charge < -0.3 is 44.4 Å². The van der Waals surface area contributed by atoms with Crippen molar-refractivity contribution in [3.8, 4) is 11.5 Å². The molecule has 0 spiro atoms. The zero-order chi connectivity index (χ0) is 33.5. The summed E-state index contributed by atoms with van der Waals surface area (Å²) in [7, 11) is 1.68. The smallest absolute Gasteiger partial charge is 0.335 e. The van der Waals surface area contributed by atoms with Crippen LogP contribution in [0.5, 0.6) is 11.5 Å². The van der Waals surface area contributed by atoms with Crippen molar-refractivity contribution in [1.29, 1.82) is 0 Å². The molecule has 3 fully saturated rings. The minimum Gasteiger partial charge on any atom is -0.497 e. The number of carbonyl (C=O) groups is 1. The number of methoxy groups -OCH3 is 1. The minimum atomic E-state index is -1.85. The molecule has 14 heteroatoms. The Bertz CT molecular complexity index is 1800. The monoisotopic (exact) mass is 663 g/mol. The number of benzene rings is 2. The van der Waals surface area contributed by atoms with Crippen LogP contribution in [0.3, 0.4) is 0 Å². The second-order valence-corrected chi connectivity index (χ2v) is 12.4. The van der Waals surface area contributed by atoms with Crippen LogP contribution >= 0.6 is 0 Å². The molecule has 5 unspecified atom stereocenters. The maximum Gasteiger partial charge on any atom is 0.335 e. The first-order valence-electron chi connectivity index (χ1n) is 16.1. The molecule has 0 amide bonds. The highest BCUT2D eigenvalue weighted by molar-refractivity contribution is 5.93. The van der Waals surface area contributed by atoms with E-state index in [0.29, 0.717) is 11.6 Å². The van der Waals surface area contributed by atoms with Gasteiger partial charge in [0.15, 0.2) is 6.10 Å². The van der Waals surface area contributed by atoms with Crippen molar-refractivity contribution in [2.24, 2.45) is 0 Å². The molecule has 0 bridgehead atoms. The van der Waals surface area contributed by atoms with Gasteiger partial charge in [-0.25, -0.2) is 9.18 Å². The average molecular weight is 664 g/mol. The number of hydrogen-bond donors (Lipinski definition) is 4. The van der Waals surface area contributed by atoms with E-state index in [0.717, 1.165) is 80.1 Å². The Morgan fingerprint density at radius 1 is 0.875 bits per heavy atom. The number of carboxylic acid groups (broad SMARTS) is 1. The number of aliphatic hydroxyl groups is 3. The van der Waals surface area contributed by atoms with Crippen LogP contribution in [-0.2, 0) is 9.53 Å². The number of fused-ring (bicyclic) bond motifs is 2. The number of aliphatic hydroxyl groups excluding tert-OH is 3. The van der Waals surface area contributed by atoms with Gasteiger partial charge in [-0.15, -0.1) is 0 Å². The van der Waals surface area contributed by atoms with E-state index in [1.807, 2.05) is 18.3 Å². The normalized spacial score (nSPS) is 25.8. The second kappa shape index (κ2) is 13.3. The van der Waals surface area contributed by atoms with Crippen LogP contribution < -0.4 is 19.3 Å². The number of pyridine rings is 2. The van der Waals surface area contributed by atoms with Gasteiger partial charge in [-0.05, 0) is 43.2 Å². The van der Waals surface area contributed by atoms with Crippen molar-refractivity contribution in [3.05, 3.63) is 60.7 Å². The molecule has 4 N–H and O–H groups in total. The number of piperazine rings is 1. The molecular weight excluding hydrogens is 625 g/mol. The van der Waals surface area contributed by atoms with Crippen molar-refractivity contribution >= 4 is 39.1 Å². The lowest BCUT2D eigenvalue weighted by atomic mass is 9.99. The Kier molecular flexibility index (Phi) is 8.92. The summed E-state index contributed by atoms with van der Waals surface area (Å²) in [5.41, 5.74) is 3.30. The molecule has 5 heterocycles. The Morgan fingerprint density at radius 2 is 1.62 bits per heavy atom. The van der Waals surface area contributed by atoms with E-state index in [2.05, 4.69) is 36.8 Å². The Balaban J connectivity index is 1.00. The molecule has 13 nitrogen and oxygen atoms in total. The van der Waals surface area contributed by atoms with Gasteiger partial charge in [0.1, 0.15) is 35.6 Å². The van der Waals surface area contributed by atoms with Gasteiger partial charge >= 0.3 is 5.97 Å². The first-order chi connectivity index (χ1) is 23.2. The fraction of sp³-hybridized carbons (Fsp3) is 0.441. The minimum absolute atomic E-state index is 0.00547. The molecule has 5 atom stereocenters. The van der Waals surface area contributed by atoms with E-state index < -0.39 is 42.5 Å². The lowest BCUT2D eigenvalue weighted by molar-refractivity contribution is -0.271. The second-order valence-electron chi connectivity index (χ2n) is 12.4. The van der Waals surface area contributed by atoms with Crippen molar-refractivity contribution in [1.82, 2.24) is 14.9 Å². The molecule has 7 rings (SSSR count). The van der Waals surface area contributed by atoms with E-state index in [4.69, 9.17) is 14.2 Å². The van der Waals surface area contributed by atoms with Crippen molar-refractivity contribution < 1.29 is 43.8 Å². The maximum absolute atomic E-state index is 15.1. The molecular formula is C34H38FN5O8.